The maximum atomic E-state index is 12.2. The van der Waals surface area contributed by atoms with Crippen LogP contribution in [0.3, 0.4) is 0 Å². The van der Waals surface area contributed by atoms with E-state index in [1.807, 2.05) is 15.9 Å². The van der Waals surface area contributed by atoms with E-state index in [0.717, 1.165) is 0 Å². The molecule has 1 aliphatic rings. The second-order valence-electron chi connectivity index (χ2n) is 2.05. The summed E-state index contributed by atoms with van der Waals surface area (Å²) in [7, 11) is 0. The van der Waals surface area contributed by atoms with Gasteiger partial charge in [-0.15, -0.1) is 0 Å². The van der Waals surface area contributed by atoms with E-state index >= 15 is 0 Å². The number of carbonyl (C=O) groups is 1. The summed E-state index contributed by atoms with van der Waals surface area (Å²) in [5.74, 6) is -11.2. The molecule has 7 heteroatoms. The van der Waals surface area contributed by atoms with Crippen molar-refractivity contribution < 1.29 is 22.4 Å². The van der Waals surface area contributed by atoms with Gasteiger partial charge in [0.1, 0.15) is 0 Å². The van der Waals surface area contributed by atoms with Gasteiger partial charge in [-0.05, 0) is 0 Å². The van der Waals surface area contributed by atoms with E-state index in [1.165, 1.54) is 0 Å². The van der Waals surface area contributed by atoms with E-state index < -0.39 is 21.4 Å². The molecule has 0 aromatic rings. The van der Waals surface area contributed by atoms with Gasteiger partial charge in [-0.1, -0.05) is 27.5 Å². The summed E-state index contributed by atoms with van der Waals surface area (Å²) in [6.45, 7) is 0. The van der Waals surface area contributed by atoms with Gasteiger partial charge in [-0.25, -0.2) is 0 Å². The summed E-state index contributed by atoms with van der Waals surface area (Å²) in [6, 6.07) is 0. The lowest BCUT2D eigenvalue weighted by atomic mass is 9.87. The Kier molecular flexibility index (Phi) is 1.60. The van der Waals surface area contributed by atoms with Gasteiger partial charge in [0.25, 0.3) is 0 Å². The number of hydrogen-bond donors (Lipinski definition) is 0. The Balaban J connectivity index is 3.08. The molecule has 0 N–H and O–H groups in total. The zero-order valence-electron chi connectivity index (χ0n) is 4.68. The van der Waals surface area contributed by atoms with Crippen LogP contribution in [0.15, 0.2) is 0 Å². The fourth-order valence-electron chi connectivity index (χ4n) is 0.617. The first kappa shape index (κ1) is 9.25. The highest BCUT2D eigenvalue weighted by Crippen LogP contribution is 2.61. The van der Waals surface area contributed by atoms with Crippen molar-refractivity contribution in [1.82, 2.24) is 0 Å². The normalized spacial score (nSPS) is 40.0. The van der Waals surface area contributed by atoms with Crippen LogP contribution in [0, 0.1) is 0 Å². The second kappa shape index (κ2) is 1.90. The molecule has 64 valence electrons. The van der Waals surface area contributed by atoms with Gasteiger partial charge < -0.3 is 0 Å². The van der Waals surface area contributed by atoms with Crippen molar-refractivity contribution in [2.75, 3.05) is 0 Å². The molecule has 1 atom stereocenters. The first-order chi connectivity index (χ1) is 4.65. The average Bonchev–Trinajstić information content (AvgIpc) is 1.84. The van der Waals surface area contributed by atoms with Crippen LogP contribution < -0.4 is 0 Å². The third-order valence-corrected chi connectivity index (χ3v) is 2.63. The van der Waals surface area contributed by atoms with Gasteiger partial charge in [0.15, 0.2) is 0 Å². The zero-order chi connectivity index (χ0) is 9.08. The summed E-state index contributed by atoms with van der Waals surface area (Å²) in [5.41, 5.74) is 0. The summed E-state index contributed by atoms with van der Waals surface area (Å²) in [4.78, 5) is 10.2. The van der Waals surface area contributed by atoms with Crippen LogP contribution in [0.1, 0.15) is 0 Å². The summed E-state index contributed by atoms with van der Waals surface area (Å²) < 4.78 is 45.4. The molecule has 0 radical (unpaired) electrons. The predicted molar refractivity (Wildman–Crippen MR) is 32.4 cm³/mol. The van der Waals surface area contributed by atoms with E-state index in [1.54, 1.807) is 0 Å². The molecular formula is C4BrClF4O. The van der Waals surface area contributed by atoms with E-state index in [2.05, 4.69) is 0 Å². The lowest BCUT2D eigenvalue weighted by Gasteiger charge is -2.44. The predicted octanol–water partition coefficient (Wildman–Crippen LogP) is 2.17. The largest absolute Gasteiger partial charge is 0.373 e. The third kappa shape index (κ3) is 0.744. The molecule has 0 heterocycles. The van der Waals surface area contributed by atoms with Crippen molar-refractivity contribution in [1.29, 1.82) is 0 Å². The Morgan fingerprint density at radius 1 is 1.27 bits per heavy atom. The van der Waals surface area contributed by atoms with Gasteiger partial charge in [0.05, 0.1) is 0 Å². The number of hydrogen-bond acceptors (Lipinski definition) is 1. The maximum absolute atomic E-state index is 12.2. The highest BCUT2D eigenvalue weighted by molar-refractivity contribution is 9.11. The number of ketones is 1. The number of halogens is 6. The molecule has 1 fully saturated rings. The van der Waals surface area contributed by atoms with Crippen molar-refractivity contribution in [3.63, 3.8) is 0 Å². The first-order valence-electron chi connectivity index (χ1n) is 2.34. The number of carbonyl (C=O) groups excluding carboxylic acids is 1. The van der Waals surface area contributed by atoms with E-state index in [4.69, 9.17) is 11.6 Å². The van der Waals surface area contributed by atoms with Gasteiger partial charge in [0.2, 0.25) is 9.57 Å². The molecule has 1 aliphatic carbocycles. The molecule has 1 nitrogen and oxygen atoms in total. The molecule has 1 unspecified atom stereocenters. The molecule has 1 saturated carbocycles. The van der Waals surface area contributed by atoms with E-state index in [0.29, 0.717) is 0 Å². The molecule has 0 aromatic carbocycles. The Hall–Kier alpha value is 0.160. The van der Waals surface area contributed by atoms with Crippen LogP contribution in [0.2, 0.25) is 0 Å². The Bertz CT molecular complexity index is 206. The van der Waals surface area contributed by atoms with Crippen LogP contribution in [0.4, 0.5) is 17.6 Å². The highest BCUT2D eigenvalue weighted by atomic mass is 79.9. The molecule has 1 rings (SSSR count). The molecule has 0 aliphatic heterocycles. The first-order valence-corrected chi connectivity index (χ1v) is 3.51. The number of rotatable bonds is 0. The molecule has 0 aromatic heterocycles. The van der Waals surface area contributed by atoms with Crippen LogP contribution in [-0.2, 0) is 4.79 Å². The SMILES string of the molecule is O=C1C(F)(F)C(F)(F)C1(Cl)Br. The Morgan fingerprint density at radius 2 is 1.64 bits per heavy atom. The standard InChI is InChI=1S/C4BrClF4O/c5-2(6)1(11)3(7,8)4(2,9)10. The van der Waals surface area contributed by atoms with Gasteiger partial charge in [0, 0.05) is 0 Å². The topological polar surface area (TPSA) is 17.1 Å². The summed E-state index contributed by atoms with van der Waals surface area (Å²) in [6.07, 6.45) is 0. The van der Waals surface area contributed by atoms with Crippen molar-refractivity contribution in [2.45, 2.75) is 15.6 Å². The summed E-state index contributed by atoms with van der Waals surface area (Å²) in [5, 5.41) is 0. The smallest absolute Gasteiger partial charge is 0.289 e. The van der Waals surface area contributed by atoms with Gasteiger partial charge in [-0.3, -0.25) is 4.79 Å². The molecule has 11 heavy (non-hydrogen) atoms. The van der Waals surface area contributed by atoms with Crippen molar-refractivity contribution >= 4 is 33.3 Å². The quantitative estimate of drug-likeness (QED) is 0.479. The average molecular weight is 255 g/mol. The minimum atomic E-state index is -4.64. The summed E-state index contributed by atoms with van der Waals surface area (Å²) >= 11 is 6.78. The van der Waals surface area contributed by atoms with Gasteiger partial charge >= 0.3 is 11.8 Å². The van der Waals surface area contributed by atoms with Crippen LogP contribution in [0.25, 0.3) is 0 Å². The number of alkyl halides is 6. The molecule has 0 saturated heterocycles. The lowest BCUT2D eigenvalue weighted by Crippen LogP contribution is -2.74. The zero-order valence-corrected chi connectivity index (χ0v) is 7.02. The Labute approximate surface area is 71.8 Å². The lowest BCUT2D eigenvalue weighted by molar-refractivity contribution is -0.249. The van der Waals surface area contributed by atoms with Crippen LogP contribution >= 0.6 is 27.5 Å². The maximum Gasteiger partial charge on any atom is 0.373 e. The Morgan fingerprint density at radius 3 is 1.73 bits per heavy atom. The number of Topliss-reactive ketones (excluding diaryl/α,β-unsaturated/α-hetero) is 1. The van der Waals surface area contributed by atoms with Crippen molar-refractivity contribution in [2.24, 2.45) is 0 Å². The molecule has 0 bridgehead atoms. The van der Waals surface area contributed by atoms with Crippen LogP contribution in [0.5, 0.6) is 0 Å². The van der Waals surface area contributed by atoms with Gasteiger partial charge in [-0.2, -0.15) is 17.6 Å². The highest BCUT2D eigenvalue weighted by Gasteiger charge is 2.87. The third-order valence-electron chi connectivity index (χ3n) is 1.36. The van der Waals surface area contributed by atoms with E-state index in [-0.39, 0.29) is 0 Å². The molecular weight excluding hydrogens is 255 g/mol. The van der Waals surface area contributed by atoms with Crippen molar-refractivity contribution in [3.8, 4) is 0 Å². The monoisotopic (exact) mass is 254 g/mol. The molecule has 0 amide bonds. The minimum Gasteiger partial charge on any atom is -0.289 e. The van der Waals surface area contributed by atoms with E-state index in [9.17, 15) is 22.4 Å². The van der Waals surface area contributed by atoms with Crippen molar-refractivity contribution in [3.05, 3.63) is 0 Å². The fraction of sp³-hybridized carbons (Fsp3) is 0.750. The minimum absolute atomic E-state index is 2.00. The second-order valence-corrected chi connectivity index (χ2v) is 4.27. The fourth-order valence-corrected chi connectivity index (χ4v) is 1.35. The molecule has 0 spiro atoms. The van der Waals surface area contributed by atoms with Crippen LogP contribution in [-0.4, -0.2) is 21.4 Å².